The number of fused-ring (bicyclic) bond motifs is 1. The highest BCUT2D eigenvalue weighted by Crippen LogP contribution is 2.36. The van der Waals surface area contributed by atoms with Crippen LogP contribution in [0.3, 0.4) is 0 Å². The molecular formula is C29H29ClN6O. The quantitative estimate of drug-likeness (QED) is 0.377. The smallest absolute Gasteiger partial charge is 0.252 e. The maximum atomic E-state index is 12.9. The topological polar surface area (TPSA) is 78.0 Å². The zero-order valence-corrected chi connectivity index (χ0v) is 21.9. The van der Waals surface area contributed by atoms with E-state index in [2.05, 4.69) is 52.9 Å². The third-order valence-electron chi connectivity index (χ3n) is 7.33. The average Bonchev–Trinajstić information content (AvgIpc) is 2.92. The van der Waals surface area contributed by atoms with E-state index in [0.717, 1.165) is 42.0 Å². The van der Waals surface area contributed by atoms with Crippen LogP contribution in [-0.2, 0) is 7.05 Å². The van der Waals surface area contributed by atoms with Crippen LogP contribution < -0.4 is 10.5 Å². The van der Waals surface area contributed by atoms with Crippen molar-refractivity contribution in [3.8, 4) is 6.07 Å². The number of anilines is 1. The first-order valence-electron chi connectivity index (χ1n) is 12.5. The lowest BCUT2D eigenvalue weighted by atomic mass is 9.95. The number of hydrogen-bond acceptors (Lipinski definition) is 6. The molecule has 5 rings (SSSR count). The summed E-state index contributed by atoms with van der Waals surface area (Å²) in [4.78, 5) is 27.0. The number of halogens is 1. The van der Waals surface area contributed by atoms with Gasteiger partial charge in [-0.1, -0.05) is 36.7 Å². The zero-order valence-electron chi connectivity index (χ0n) is 21.2. The minimum Gasteiger partial charge on any atom is -0.364 e. The first kappa shape index (κ1) is 24.9. The number of hydrogen-bond donors (Lipinski definition) is 0. The van der Waals surface area contributed by atoms with E-state index in [4.69, 9.17) is 16.6 Å². The molecule has 0 radical (unpaired) electrons. The molecule has 1 fully saturated rings. The van der Waals surface area contributed by atoms with Crippen molar-refractivity contribution in [2.75, 3.05) is 18.0 Å². The van der Waals surface area contributed by atoms with Gasteiger partial charge in [0, 0.05) is 49.5 Å². The third-order valence-corrected chi connectivity index (χ3v) is 7.58. The molecular weight excluding hydrogens is 484 g/mol. The van der Waals surface area contributed by atoms with Crippen molar-refractivity contribution in [2.45, 2.75) is 38.4 Å². The minimum atomic E-state index is -0.0933. The lowest BCUT2D eigenvalue weighted by molar-refractivity contribution is 0.114. The van der Waals surface area contributed by atoms with Crippen LogP contribution in [0.4, 0.5) is 5.69 Å². The van der Waals surface area contributed by atoms with Crippen LogP contribution in [0, 0.1) is 11.3 Å². The fraction of sp³-hybridized carbons (Fsp3) is 0.310. The Hall–Kier alpha value is -3.73. The number of nitriles is 1. The second-order valence-corrected chi connectivity index (χ2v) is 10.0. The van der Waals surface area contributed by atoms with Gasteiger partial charge in [-0.15, -0.1) is 0 Å². The molecule has 3 atom stereocenters. The van der Waals surface area contributed by atoms with Gasteiger partial charge in [0.15, 0.2) is 0 Å². The number of rotatable bonds is 5. The lowest BCUT2D eigenvalue weighted by Crippen LogP contribution is -2.58. The Kier molecular flexibility index (Phi) is 6.96. The Morgan fingerprint density at radius 2 is 1.92 bits per heavy atom. The van der Waals surface area contributed by atoms with Gasteiger partial charge in [-0.3, -0.25) is 14.7 Å². The Balaban J connectivity index is 1.58. The molecule has 4 aromatic rings. The van der Waals surface area contributed by atoms with Crippen molar-refractivity contribution in [3.63, 3.8) is 0 Å². The van der Waals surface area contributed by atoms with E-state index >= 15 is 0 Å². The first-order chi connectivity index (χ1) is 17.9. The summed E-state index contributed by atoms with van der Waals surface area (Å²) < 4.78 is 1.59. The summed E-state index contributed by atoms with van der Waals surface area (Å²) in [5.74, 6) is 0. The predicted molar refractivity (Wildman–Crippen MR) is 147 cm³/mol. The summed E-state index contributed by atoms with van der Waals surface area (Å²) in [7, 11) is 1.74. The van der Waals surface area contributed by atoms with Crippen LogP contribution in [0.2, 0.25) is 5.02 Å². The SMILES string of the molecule is CC[C@@H]1CN(c2cc(=O)n(C)c3ccc(C#N)nc23)[C@@H](C)CN1C(c1ccc(Cl)cc1)c1ccccn1. The second kappa shape index (κ2) is 10.3. The van der Waals surface area contributed by atoms with Gasteiger partial charge in [-0.2, -0.15) is 5.26 Å². The summed E-state index contributed by atoms with van der Waals surface area (Å²) in [6, 6.07) is 21.5. The molecule has 0 saturated carbocycles. The third kappa shape index (κ3) is 4.71. The van der Waals surface area contributed by atoms with E-state index in [0.29, 0.717) is 16.2 Å². The molecule has 4 heterocycles. The number of aromatic nitrogens is 3. The van der Waals surface area contributed by atoms with Crippen LogP contribution in [0.5, 0.6) is 0 Å². The minimum absolute atomic E-state index is 0.0308. The van der Waals surface area contributed by atoms with Crippen molar-refractivity contribution in [2.24, 2.45) is 7.05 Å². The van der Waals surface area contributed by atoms with Gasteiger partial charge >= 0.3 is 0 Å². The Morgan fingerprint density at radius 1 is 1.14 bits per heavy atom. The zero-order chi connectivity index (χ0) is 26.1. The van der Waals surface area contributed by atoms with E-state index in [1.807, 2.05) is 36.5 Å². The van der Waals surface area contributed by atoms with Crippen LogP contribution in [0.15, 0.2) is 71.7 Å². The van der Waals surface area contributed by atoms with Crippen molar-refractivity contribution < 1.29 is 0 Å². The summed E-state index contributed by atoms with van der Waals surface area (Å²) in [5, 5.41) is 10.2. The number of nitrogens with zero attached hydrogens (tertiary/aromatic N) is 6. The lowest BCUT2D eigenvalue weighted by Gasteiger charge is -2.49. The summed E-state index contributed by atoms with van der Waals surface area (Å²) in [6.07, 6.45) is 2.75. The molecule has 3 aromatic heterocycles. The molecule has 188 valence electrons. The molecule has 1 aromatic carbocycles. The predicted octanol–water partition coefficient (Wildman–Crippen LogP) is 4.93. The monoisotopic (exact) mass is 512 g/mol. The molecule has 0 aliphatic carbocycles. The van der Waals surface area contributed by atoms with Crippen LogP contribution in [0.25, 0.3) is 11.0 Å². The van der Waals surface area contributed by atoms with E-state index in [-0.39, 0.29) is 23.7 Å². The molecule has 0 spiro atoms. The summed E-state index contributed by atoms with van der Waals surface area (Å²) >= 11 is 6.22. The molecule has 0 N–H and O–H groups in total. The van der Waals surface area contributed by atoms with Gasteiger partial charge in [0.05, 0.1) is 22.9 Å². The maximum Gasteiger partial charge on any atom is 0.252 e. The first-order valence-corrected chi connectivity index (χ1v) is 12.9. The van der Waals surface area contributed by atoms with Gasteiger partial charge in [0.2, 0.25) is 0 Å². The Labute approximate surface area is 221 Å². The molecule has 1 aliphatic heterocycles. The molecule has 8 heteroatoms. The molecule has 0 amide bonds. The summed E-state index contributed by atoms with van der Waals surface area (Å²) in [5.41, 5.74) is 4.55. The molecule has 0 bridgehead atoms. The molecule has 37 heavy (non-hydrogen) atoms. The average molecular weight is 513 g/mol. The van der Waals surface area contributed by atoms with Crippen LogP contribution in [0.1, 0.15) is 43.3 Å². The van der Waals surface area contributed by atoms with Gasteiger partial charge in [-0.25, -0.2) is 4.98 Å². The highest BCUT2D eigenvalue weighted by atomic mass is 35.5. The maximum absolute atomic E-state index is 12.9. The number of piperazine rings is 1. The van der Waals surface area contributed by atoms with Crippen LogP contribution in [-0.4, -0.2) is 44.6 Å². The number of aryl methyl sites for hydroxylation is 1. The van der Waals surface area contributed by atoms with Crippen molar-refractivity contribution >= 4 is 28.3 Å². The summed E-state index contributed by atoms with van der Waals surface area (Å²) in [6.45, 7) is 5.84. The molecule has 7 nitrogen and oxygen atoms in total. The molecule has 1 saturated heterocycles. The fourth-order valence-corrected chi connectivity index (χ4v) is 5.51. The number of pyridine rings is 3. The fourth-order valence-electron chi connectivity index (χ4n) is 5.39. The van der Waals surface area contributed by atoms with Gasteiger partial charge in [0.1, 0.15) is 17.3 Å². The van der Waals surface area contributed by atoms with Gasteiger partial charge in [-0.05, 0) is 55.3 Å². The normalized spacial score (nSPS) is 19.1. The highest BCUT2D eigenvalue weighted by molar-refractivity contribution is 6.30. The second-order valence-electron chi connectivity index (χ2n) is 9.57. The van der Waals surface area contributed by atoms with E-state index in [9.17, 15) is 10.1 Å². The Morgan fingerprint density at radius 3 is 2.59 bits per heavy atom. The number of benzene rings is 1. The van der Waals surface area contributed by atoms with Gasteiger partial charge < -0.3 is 9.47 Å². The van der Waals surface area contributed by atoms with E-state index < -0.39 is 0 Å². The van der Waals surface area contributed by atoms with Crippen molar-refractivity contribution in [1.29, 1.82) is 5.26 Å². The molecule has 1 unspecified atom stereocenters. The van der Waals surface area contributed by atoms with E-state index in [1.165, 1.54) is 0 Å². The van der Waals surface area contributed by atoms with E-state index in [1.54, 1.807) is 23.7 Å². The van der Waals surface area contributed by atoms with Crippen molar-refractivity contribution in [1.82, 2.24) is 19.4 Å². The molecule has 1 aliphatic rings. The van der Waals surface area contributed by atoms with Gasteiger partial charge in [0.25, 0.3) is 5.56 Å². The standard InChI is InChI=1S/C29H29ClN6O/c1-4-23-18-35(26-15-27(37)34(3)25-13-12-22(16-31)33-28(25)26)19(2)17-36(23)29(24-7-5-6-14-32-24)20-8-10-21(30)11-9-20/h5-15,19,23,29H,4,17-18H2,1-3H3/t19-,23+,29?/m0/s1. The Bertz CT molecular complexity index is 1510. The highest BCUT2D eigenvalue weighted by Gasteiger charge is 2.37. The van der Waals surface area contributed by atoms with Crippen molar-refractivity contribution in [3.05, 3.63) is 99.2 Å². The largest absolute Gasteiger partial charge is 0.364 e. The van der Waals surface area contributed by atoms with Crippen LogP contribution >= 0.6 is 11.6 Å².